The van der Waals surface area contributed by atoms with Crippen LogP contribution in [0, 0.1) is 0 Å². The highest BCUT2D eigenvalue weighted by Crippen LogP contribution is 2.25. The molecule has 0 radical (unpaired) electrons. The van der Waals surface area contributed by atoms with Gasteiger partial charge in [0, 0.05) is 16.7 Å². The highest BCUT2D eigenvalue weighted by Gasteiger charge is 2.19. The normalized spacial score (nSPS) is 11.7. The lowest BCUT2D eigenvalue weighted by atomic mass is 10.3. The summed E-state index contributed by atoms with van der Waals surface area (Å²) < 4.78 is 8.79. The Morgan fingerprint density at radius 3 is 2.79 bits per heavy atom. The molecule has 6 nitrogen and oxygen atoms in total. The number of aromatic nitrogens is 3. The Hall–Kier alpha value is -2.58. The number of benzene rings is 2. The number of allylic oxidation sites excluding steroid dienone is 1. The van der Waals surface area contributed by atoms with Crippen molar-refractivity contribution in [1.82, 2.24) is 14.8 Å². The number of nitrogens with one attached hydrogen (secondary N) is 1. The third kappa shape index (κ3) is 5.95. The van der Waals surface area contributed by atoms with E-state index in [2.05, 4.69) is 38.0 Å². The number of amides is 1. The summed E-state index contributed by atoms with van der Waals surface area (Å²) >= 11 is 4.72. The molecule has 150 valence electrons. The summed E-state index contributed by atoms with van der Waals surface area (Å²) in [6.45, 7) is 6.26. The zero-order valence-electron chi connectivity index (χ0n) is 15.9. The van der Waals surface area contributed by atoms with E-state index in [9.17, 15) is 4.79 Å². The Bertz CT molecular complexity index is 978. The SMILES string of the molecule is C=CCn1c(SCC(=O)Nc2cccc(Br)c2)nnc1[C@H](C)Oc1ccccc1. The Morgan fingerprint density at radius 1 is 1.28 bits per heavy atom. The average molecular weight is 473 g/mol. The lowest BCUT2D eigenvalue weighted by Crippen LogP contribution is -2.15. The topological polar surface area (TPSA) is 69.0 Å². The van der Waals surface area contributed by atoms with E-state index in [0.29, 0.717) is 17.5 Å². The summed E-state index contributed by atoms with van der Waals surface area (Å²) in [5.74, 6) is 1.55. The first-order chi connectivity index (χ1) is 14.1. The molecule has 8 heteroatoms. The highest BCUT2D eigenvalue weighted by molar-refractivity contribution is 9.10. The van der Waals surface area contributed by atoms with E-state index in [1.807, 2.05) is 66.1 Å². The summed E-state index contributed by atoms with van der Waals surface area (Å²) in [5.41, 5.74) is 0.739. The lowest BCUT2D eigenvalue weighted by Gasteiger charge is -2.15. The van der Waals surface area contributed by atoms with Crippen LogP contribution >= 0.6 is 27.7 Å². The van der Waals surface area contributed by atoms with Crippen LogP contribution in [-0.2, 0) is 11.3 Å². The van der Waals surface area contributed by atoms with Crippen molar-refractivity contribution in [3.8, 4) is 5.75 Å². The monoisotopic (exact) mass is 472 g/mol. The molecule has 0 saturated carbocycles. The zero-order chi connectivity index (χ0) is 20.6. The van der Waals surface area contributed by atoms with Gasteiger partial charge in [-0.1, -0.05) is 58.0 Å². The van der Waals surface area contributed by atoms with Gasteiger partial charge in [0.15, 0.2) is 17.1 Å². The van der Waals surface area contributed by atoms with Crippen LogP contribution in [0.3, 0.4) is 0 Å². The summed E-state index contributed by atoms with van der Waals surface area (Å²) in [6.07, 6.45) is 1.47. The second-order valence-corrected chi connectivity index (χ2v) is 8.02. The van der Waals surface area contributed by atoms with Gasteiger partial charge >= 0.3 is 0 Å². The van der Waals surface area contributed by atoms with Crippen molar-refractivity contribution in [2.75, 3.05) is 11.1 Å². The number of carbonyl (C=O) groups excluding carboxylic acids is 1. The van der Waals surface area contributed by atoms with Crippen molar-refractivity contribution in [2.45, 2.75) is 24.7 Å². The minimum Gasteiger partial charge on any atom is -0.483 e. The standard InChI is InChI=1S/C21H21BrN4O2S/c1-3-12-26-20(15(2)28-18-10-5-4-6-11-18)24-25-21(26)29-14-19(27)23-17-9-7-8-16(22)13-17/h3-11,13,15H,1,12,14H2,2H3,(H,23,27)/t15-/m0/s1. The van der Waals surface area contributed by atoms with Crippen LogP contribution in [0.4, 0.5) is 5.69 Å². The second-order valence-electron chi connectivity index (χ2n) is 6.16. The first kappa shape index (κ1) is 21.1. The third-order valence-electron chi connectivity index (χ3n) is 3.92. The second kappa shape index (κ2) is 10.3. The van der Waals surface area contributed by atoms with Crippen molar-refractivity contribution >= 4 is 39.3 Å². The fourth-order valence-electron chi connectivity index (χ4n) is 2.66. The number of ether oxygens (including phenoxy) is 1. The summed E-state index contributed by atoms with van der Waals surface area (Å²) in [4.78, 5) is 12.3. The molecule has 0 spiro atoms. The summed E-state index contributed by atoms with van der Waals surface area (Å²) in [7, 11) is 0. The zero-order valence-corrected chi connectivity index (χ0v) is 18.3. The molecule has 3 rings (SSSR count). The minimum absolute atomic E-state index is 0.114. The molecule has 0 unspecified atom stereocenters. The van der Waals surface area contributed by atoms with Gasteiger partial charge in [-0.25, -0.2) is 0 Å². The fourth-order valence-corrected chi connectivity index (χ4v) is 3.81. The number of anilines is 1. The van der Waals surface area contributed by atoms with E-state index in [0.717, 1.165) is 15.9 Å². The van der Waals surface area contributed by atoms with Gasteiger partial charge in [-0.2, -0.15) is 0 Å². The van der Waals surface area contributed by atoms with Crippen molar-refractivity contribution in [2.24, 2.45) is 0 Å². The molecule has 0 aliphatic rings. The Labute approximate surface area is 182 Å². The van der Waals surface area contributed by atoms with E-state index in [-0.39, 0.29) is 17.8 Å². The quantitative estimate of drug-likeness (QED) is 0.346. The van der Waals surface area contributed by atoms with Gasteiger partial charge in [-0.3, -0.25) is 9.36 Å². The van der Waals surface area contributed by atoms with Gasteiger partial charge in [0.05, 0.1) is 5.75 Å². The van der Waals surface area contributed by atoms with Crippen molar-refractivity contribution in [3.05, 3.63) is 77.5 Å². The van der Waals surface area contributed by atoms with Gasteiger partial charge in [-0.15, -0.1) is 16.8 Å². The van der Waals surface area contributed by atoms with E-state index in [1.165, 1.54) is 11.8 Å². The van der Waals surface area contributed by atoms with E-state index in [1.54, 1.807) is 6.08 Å². The predicted octanol–water partition coefficient (Wildman–Crippen LogP) is 5.10. The number of para-hydroxylation sites is 1. The van der Waals surface area contributed by atoms with Crippen LogP contribution in [0.5, 0.6) is 5.75 Å². The minimum atomic E-state index is -0.297. The first-order valence-electron chi connectivity index (χ1n) is 9.00. The summed E-state index contributed by atoms with van der Waals surface area (Å²) in [5, 5.41) is 12.1. The number of carbonyl (C=O) groups is 1. The molecule has 0 aliphatic carbocycles. The van der Waals surface area contributed by atoms with Crippen LogP contribution in [-0.4, -0.2) is 26.4 Å². The molecule has 2 aromatic carbocycles. The van der Waals surface area contributed by atoms with Gasteiger partial charge in [0.25, 0.3) is 0 Å². The Kier molecular flexibility index (Phi) is 7.48. The maximum absolute atomic E-state index is 12.3. The van der Waals surface area contributed by atoms with Gasteiger partial charge < -0.3 is 10.1 Å². The number of halogens is 1. The number of nitrogens with zero attached hydrogens (tertiary/aromatic N) is 3. The molecular weight excluding hydrogens is 452 g/mol. The third-order valence-corrected chi connectivity index (χ3v) is 5.38. The van der Waals surface area contributed by atoms with Crippen LogP contribution in [0.15, 0.2) is 76.9 Å². The van der Waals surface area contributed by atoms with E-state index >= 15 is 0 Å². The molecule has 1 N–H and O–H groups in total. The molecule has 0 saturated heterocycles. The van der Waals surface area contributed by atoms with Crippen molar-refractivity contribution in [1.29, 1.82) is 0 Å². The van der Waals surface area contributed by atoms with Gasteiger partial charge in [0.1, 0.15) is 5.75 Å². The van der Waals surface area contributed by atoms with Crippen molar-refractivity contribution in [3.63, 3.8) is 0 Å². The molecule has 1 atom stereocenters. The molecule has 29 heavy (non-hydrogen) atoms. The van der Waals surface area contributed by atoms with Crippen LogP contribution in [0.25, 0.3) is 0 Å². The number of hydrogen-bond donors (Lipinski definition) is 1. The smallest absolute Gasteiger partial charge is 0.234 e. The van der Waals surface area contributed by atoms with Crippen LogP contribution in [0.1, 0.15) is 18.9 Å². The van der Waals surface area contributed by atoms with Gasteiger partial charge in [0.2, 0.25) is 5.91 Å². The predicted molar refractivity (Wildman–Crippen MR) is 119 cm³/mol. The molecule has 0 bridgehead atoms. The molecule has 0 fully saturated rings. The molecule has 0 aliphatic heterocycles. The van der Waals surface area contributed by atoms with Crippen LogP contribution in [0.2, 0.25) is 0 Å². The molecule has 1 amide bonds. The molecular formula is C21H21BrN4O2S. The van der Waals surface area contributed by atoms with E-state index < -0.39 is 0 Å². The molecule has 1 heterocycles. The number of rotatable bonds is 9. The average Bonchev–Trinajstić information content (AvgIpc) is 3.10. The molecule has 3 aromatic rings. The number of hydrogen-bond acceptors (Lipinski definition) is 5. The largest absolute Gasteiger partial charge is 0.483 e. The van der Waals surface area contributed by atoms with Gasteiger partial charge in [-0.05, 0) is 37.3 Å². The lowest BCUT2D eigenvalue weighted by molar-refractivity contribution is -0.113. The summed E-state index contributed by atoms with van der Waals surface area (Å²) in [6, 6.07) is 17.0. The fraction of sp³-hybridized carbons (Fsp3) is 0.190. The maximum atomic E-state index is 12.3. The highest BCUT2D eigenvalue weighted by atomic mass is 79.9. The van der Waals surface area contributed by atoms with E-state index in [4.69, 9.17) is 4.74 Å². The van der Waals surface area contributed by atoms with Crippen molar-refractivity contribution < 1.29 is 9.53 Å². The first-order valence-corrected chi connectivity index (χ1v) is 10.8. The maximum Gasteiger partial charge on any atom is 0.234 e. The Morgan fingerprint density at radius 2 is 2.07 bits per heavy atom. The molecule has 1 aromatic heterocycles. The Balaban J connectivity index is 1.66. The number of thioether (sulfide) groups is 1. The van der Waals surface area contributed by atoms with Crippen LogP contribution < -0.4 is 10.1 Å².